The second-order valence-electron chi connectivity index (χ2n) is 4.73. The van der Waals surface area contributed by atoms with Crippen molar-refractivity contribution in [1.82, 2.24) is 9.71 Å². The third kappa shape index (κ3) is 2.97. The number of hydrogen-bond donors (Lipinski definition) is 2. The van der Waals surface area contributed by atoms with Crippen LogP contribution in [0.15, 0.2) is 29.3 Å². The van der Waals surface area contributed by atoms with E-state index in [0.717, 1.165) is 4.88 Å². The Kier molecular flexibility index (Phi) is 3.52. The van der Waals surface area contributed by atoms with Crippen LogP contribution in [-0.4, -0.2) is 19.3 Å². The van der Waals surface area contributed by atoms with Crippen LogP contribution in [0.1, 0.15) is 15.4 Å². The quantitative estimate of drug-likeness (QED) is 0.891. The molecule has 0 unspecified atom stereocenters. The van der Waals surface area contributed by atoms with Gasteiger partial charge in [-0.05, 0) is 30.7 Å². The van der Waals surface area contributed by atoms with E-state index in [-0.39, 0.29) is 23.8 Å². The fraction of sp³-hybridized carbons (Fsp3) is 0.231. The second kappa shape index (κ2) is 5.21. The van der Waals surface area contributed by atoms with Gasteiger partial charge in [-0.1, -0.05) is 0 Å². The number of nitrogens with zero attached hydrogens (tertiary/aromatic N) is 1. The summed E-state index contributed by atoms with van der Waals surface area (Å²) < 4.78 is 27.0. The molecule has 0 aliphatic carbocycles. The molecule has 0 atom stereocenters. The van der Waals surface area contributed by atoms with Crippen molar-refractivity contribution < 1.29 is 13.2 Å². The maximum Gasteiger partial charge on any atom is 0.240 e. The summed E-state index contributed by atoms with van der Waals surface area (Å²) in [7, 11) is -3.61. The smallest absolute Gasteiger partial charge is 0.240 e. The van der Waals surface area contributed by atoms with Crippen LogP contribution in [0.25, 0.3) is 0 Å². The summed E-state index contributed by atoms with van der Waals surface area (Å²) in [5.74, 6) is -0.120. The van der Waals surface area contributed by atoms with Gasteiger partial charge in [-0.3, -0.25) is 4.79 Å². The molecular formula is C13H13N3O3S2. The summed E-state index contributed by atoms with van der Waals surface area (Å²) in [6, 6.07) is 4.63. The van der Waals surface area contributed by atoms with E-state index in [4.69, 9.17) is 0 Å². The average molecular weight is 323 g/mol. The van der Waals surface area contributed by atoms with Crippen LogP contribution in [0.3, 0.4) is 0 Å². The summed E-state index contributed by atoms with van der Waals surface area (Å²) in [6.07, 6.45) is 1.92. The molecule has 0 bridgehead atoms. The molecule has 6 nitrogen and oxygen atoms in total. The number of fused-ring (bicyclic) bond motifs is 1. The fourth-order valence-electron chi connectivity index (χ4n) is 2.10. The number of carbonyl (C=O) groups excluding carboxylic acids is 1. The number of amides is 1. The molecular weight excluding hydrogens is 310 g/mol. The number of nitrogens with one attached hydrogen (secondary N) is 2. The van der Waals surface area contributed by atoms with Crippen molar-refractivity contribution in [1.29, 1.82) is 0 Å². The summed E-state index contributed by atoms with van der Waals surface area (Å²) >= 11 is 1.45. The summed E-state index contributed by atoms with van der Waals surface area (Å²) in [5.41, 5.74) is 1.38. The zero-order valence-corrected chi connectivity index (χ0v) is 12.8. The van der Waals surface area contributed by atoms with E-state index in [9.17, 15) is 13.2 Å². The first-order valence-corrected chi connectivity index (χ1v) is 8.58. The minimum atomic E-state index is -3.61. The Morgan fingerprint density at radius 3 is 2.95 bits per heavy atom. The van der Waals surface area contributed by atoms with Crippen molar-refractivity contribution >= 4 is 33.0 Å². The van der Waals surface area contributed by atoms with Crippen molar-refractivity contribution in [2.75, 3.05) is 5.32 Å². The number of sulfonamides is 1. The highest BCUT2D eigenvalue weighted by Crippen LogP contribution is 2.25. The molecule has 2 heterocycles. The lowest BCUT2D eigenvalue weighted by molar-refractivity contribution is -0.115. The van der Waals surface area contributed by atoms with E-state index >= 15 is 0 Å². The molecule has 0 saturated heterocycles. The van der Waals surface area contributed by atoms with Gasteiger partial charge in [-0.25, -0.2) is 18.1 Å². The lowest BCUT2D eigenvalue weighted by Crippen LogP contribution is -2.23. The molecule has 1 aliphatic heterocycles. The van der Waals surface area contributed by atoms with E-state index in [0.29, 0.717) is 16.3 Å². The predicted octanol–water partition coefficient (Wildman–Crippen LogP) is 1.42. The van der Waals surface area contributed by atoms with E-state index in [1.807, 2.05) is 6.92 Å². The zero-order chi connectivity index (χ0) is 15.0. The van der Waals surface area contributed by atoms with Crippen molar-refractivity contribution in [3.05, 3.63) is 39.8 Å². The zero-order valence-electron chi connectivity index (χ0n) is 11.2. The van der Waals surface area contributed by atoms with Gasteiger partial charge in [0.15, 0.2) is 0 Å². The van der Waals surface area contributed by atoms with Gasteiger partial charge in [0.25, 0.3) is 0 Å². The molecule has 21 heavy (non-hydrogen) atoms. The second-order valence-corrected chi connectivity index (χ2v) is 7.82. The molecule has 0 saturated carbocycles. The SMILES string of the molecule is Cc1cnc(CNS(=O)(=O)c2ccc3c(c2)CC(=O)N3)s1. The highest BCUT2D eigenvalue weighted by Gasteiger charge is 2.21. The Balaban J connectivity index is 1.79. The number of aromatic nitrogens is 1. The van der Waals surface area contributed by atoms with Gasteiger partial charge in [0.05, 0.1) is 17.9 Å². The third-order valence-corrected chi connectivity index (χ3v) is 5.41. The fourth-order valence-corrected chi connectivity index (χ4v) is 3.95. The van der Waals surface area contributed by atoms with Crippen LogP contribution in [-0.2, 0) is 27.8 Å². The van der Waals surface area contributed by atoms with Crippen molar-refractivity contribution in [3.63, 3.8) is 0 Å². The Morgan fingerprint density at radius 2 is 2.24 bits per heavy atom. The molecule has 1 aliphatic rings. The number of benzene rings is 1. The van der Waals surface area contributed by atoms with Gasteiger partial charge in [0.2, 0.25) is 15.9 Å². The largest absolute Gasteiger partial charge is 0.326 e. The molecule has 8 heteroatoms. The minimum Gasteiger partial charge on any atom is -0.326 e. The lowest BCUT2D eigenvalue weighted by atomic mass is 10.2. The van der Waals surface area contributed by atoms with Crippen molar-refractivity contribution in [3.8, 4) is 0 Å². The first-order valence-electron chi connectivity index (χ1n) is 6.28. The van der Waals surface area contributed by atoms with Gasteiger partial charge < -0.3 is 5.32 Å². The van der Waals surface area contributed by atoms with Gasteiger partial charge in [-0.2, -0.15) is 0 Å². The van der Waals surface area contributed by atoms with Crippen LogP contribution >= 0.6 is 11.3 Å². The Morgan fingerprint density at radius 1 is 1.43 bits per heavy atom. The van der Waals surface area contributed by atoms with Crippen molar-refractivity contribution in [2.24, 2.45) is 0 Å². The van der Waals surface area contributed by atoms with Crippen LogP contribution in [0.4, 0.5) is 5.69 Å². The van der Waals surface area contributed by atoms with Gasteiger partial charge in [0, 0.05) is 16.8 Å². The molecule has 3 rings (SSSR count). The topological polar surface area (TPSA) is 88.2 Å². The highest BCUT2D eigenvalue weighted by atomic mass is 32.2. The number of rotatable bonds is 4. The van der Waals surface area contributed by atoms with E-state index < -0.39 is 10.0 Å². The van der Waals surface area contributed by atoms with E-state index in [1.165, 1.54) is 23.5 Å². The van der Waals surface area contributed by atoms with Crippen molar-refractivity contribution in [2.45, 2.75) is 24.8 Å². The summed E-state index contributed by atoms with van der Waals surface area (Å²) in [5, 5.41) is 3.39. The minimum absolute atomic E-state index is 0.120. The standard InChI is InChI=1S/C13H13N3O3S2/c1-8-6-14-13(20-8)7-15-21(18,19)10-2-3-11-9(4-10)5-12(17)16-11/h2-4,6,15H,5,7H2,1H3,(H,16,17). The maximum absolute atomic E-state index is 12.3. The molecule has 2 aromatic rings. The maximum atomic E-state index is 12.3. The Hall–Kier alpha value is -1.77. The molecule has 0 spiro atoms. The van der Waals surface area contributed by atoms with Crippen LogP contribution in [0, 0.1) is 6.92 Å². The predicted molar refractivity (Wildman–Crippen MR) is 79.7 cm³/mol. The normalized spacial score (nSPS) is 14.0. The van der Waals surface area contributed by atoms with E-state index in [2.05, 4.69) is 15.0 Å². The Bertz CT molecular complexity index is 812. The number of aryl methyl sites for hydroxylation is 1. The molecule has 2 N–H and O–H groups in total. The van der Waals surface area contributed by atoms with Crippen LogP contribution in [0.2, 0.25) is 0 Å². The van der Waals surface area contributed by atoms with Gasteiger partial charge >= 0.3 is 0 Å². The average Bonchev–Trinajstić information content (AvgIpc) is 3.00. The number of anilines is 1. The molecule has 0 radical (unpaired) electrons. The van der Waals surface area contributed by atoms with E-state index in [1.54, 1.807) is 12.3 Å². The van der Waals surface area contributed by atoms with Crippen LogP contribution in [0.5, 0.6) is 0 Å². The molecule has 1 aromatic heterocycles. The van der Waals surface area contributed by atoms with Gasteiger partial charge in [0.1, 0.15) is 5.01 Å². The summed E-state index contributed by atoms with van der Waals surface area (Å²) in [4.78, 5) is 16.6. The number of hydrogen-bond acceptors (Lipinski definition) is 5. The first kappa shape index (κ1) is 14.2. The first-order chi connectivity index (χ1) is 9.94. The monoisotopic (exact) mass is 323 g/mol. The molecule has 1 aromatic carbocycles. The molecule has 1 amide bonds. The Labute approximate surface area is 126 Å². The molecule has 0 fully saturated rings. The summed E-state index contributed by atoms with van der Waals surface area (Å²) in [6.45, 7) is 2.08. The van der Waals surface area contributed by atoms with Gasteiger partial charge in [-0.15, -0.1) is 11.3 Å². The highest BCUT2D eigenvalue weighted by molar-refractivity contribution is 7.89. The number of carbonyl (C=O) groups is 1. The number of thiazole rings is 1. The van der Waals surface area contributed by atoms with Crippen LogP contribution < -0.4 is 10.0 Å². The third-order valence-electron chi connectivity index (χ3n) is 3.09. The molecule has 110 valence electrons. The lowest BCUT2D eigenvalue weighted by Gasteiger charge is -2.07.